The summed E-state index contributed by atoms with van der Waals surface area (Å²) in [5.74, 6) is -3.30. The van der Waals surface area contributed by atoms with Gasteiger partial charge in [-0.15, -0.1) is 0 Å². The van der Waals surface area contributed by atoms with E-state index in [0.29, 0.717) is 11.6 Å². The number of fused-ring (bicyclic) bond motifs is 3. The Hall–Kier alpha value is -3.87. The lowest BCUT2D eigenvalue weighted by atomic mass is 10.0. The molecule has 3 aromatic rings. The number of hydrogen-bond donors (Lipinski definition) is 1. The molecule has 1 aliphatic rings. The predicted octanol–water partition coefficient (Wildman–Crippen LogP) is 4.47. The summed E-state index contributed by atoms with van der Waals surface area (Å²) in [7, 11) is 0. The van der Waals surface area contributed by atoms with Gasteiger partial charge in [-0.1, -0.05) is 36.4 Å². The number of ether oxygens (including phenoxy) is 1. The van der Waals surface area contributed by atoms with Gasteiger partial charge in [0.2, 0.25) is 0 Å². The van der Waals surface area contributed by atoms with Crippen molar-refractivity contribution in [2.75, 3.05) is 13.2 Å². The molecular weight excluding hydrogens is 428 g/mol. The monoisotopic (exact) mass is 449 g/mol. The molecule has 0 bridgehead atoms. The molecular formula is C26H21F2NO4. The Morgan fingerprint density at radius 3 is 2.52 bits per heavy atom. The molecule has 0 aromatic heterocycles. The summed E-state index contributed by atoms with van der Waals surface area (Å²) in [5, 5.41) is 2.46. The average molecular weight is 449 g/mol. The van der Waals surface area contributed by atoms with Gasteiger partial charge in [-0.05, 0) is 53.3 Å². The molecule has 0 aliphatic heterocycles. The van der Waals surface area contributed by atoms with Crippen molar-refractivity contribution in [3.05, 3.63) is 94.6 Å². The number of carbonyl (C=O) groups is 3. The standard InChI is InChI=1S/C26H21F2NO4/c27-19-9-10-21(23(28)14-19)26(32)29-11-3-6-25(31)33-15-24(30)18-8-7-17-12-16-4-1-2-5-20(16)22(17)13-18/h1-2,4-5,7-10,13-14H,3,6,11-12,15H2,(H,29,32). The summed E-state index contributed by atoms with van der Waals surface area (Å²) < 4.78 is 31.6. The second-order valence-electron chi connectivity index (χ2n) is 7.77. The van der Waals surface area contributed by atoms with Gasteiger partial charge in [0.05, 0.1) is 5.56 Å². The minimum absolute atomic E-state index is 0.0168. The molecule has 7 heteroatoms. The van der Waals surface area contributed by atoms with Gasteiger partial charge in [-0.2, -0.15) is 0 Å². The average Bonchev–Trinajstić information content (AvgIpc) is 3.18. The van der Waals surface area contributed by atoms with Crippen molar-refractivity contribution in [3.63, 3.8) is 0 Å². The third-order valence-corrected chi connectivity index (χ3v) is 5.50. The molecule has 1 aliphatic carbocycles. The molecule has 0 saturated heterocycles. The molecule has 168 valence electrons. The summed E-state index contributed by atoms with van der Waals surface area (Å²) in [6, 6.07) is 16.2. The fraction of sp³-hybridized carbons (Fsp3) is 0.192. The van der Waals surface area contributed by atoms with Gasteiger partial charge in [-0.25, -0.2) is 8.78 Å². The minimum Gasteiger partial charge on any atom is -0.457 e. The number of amides is 1. The van der Waals surface area contributed by atoms with Crippen molar-refractivity contribution in [1.82, 2.24) is 5.32 Å². The van der Waals surface area contributed by atoms with Gasteiger partial charge in [0.1, 0.15) is 11.6 Å². The second-order valence-corrected chi connectivity index (χ2v) is 7.77. The first-order valence-corrected chi connectivity index (χ1v) is 10.6. The van der Waals surface area contributed by atoms with E-state index in [1.165, 1.54) is 5.56 Å². The van der Waals surface area contributed by atoms with E-state index in [4.69, 9.17) is 4.74 Å². The Kier molecular flexibility index (Phi) is 6.58. The van der Waals surface area contributed by atoms with Crippen molar-refractivity contribution < 1.29 is 27.9 Å². The van der Waals surface area contributed by atoms with Crippen LogP contribution < -0.4 is 5.32 Å². The van der Waals surface area contributed by atoms with Crippen molar-refractivity contribution in [3.8, 4) is 11.1 Å². The van der Waals surface area contributed by atoms with Gasteiger partial charge in [-0.3, -0.25) is 14.4 Å². The van der Waals surface area contributed by atoms with Crippen LogP contribution >= 0.6 is 0 Å². The first-order valence-electron chi connectivity index (χ1n) is 10.6. The number of ketones is 1. The van der Waals surface area contributed by atoms with Crippen LogP contribution in [0, 0.1) is 11.6 Å². The van der Waals surface area contributed by atoms with Crippen molar-refractivity contribution in [2.45, 2.75) is 19.3 Å². The minimum atomic E-state index is -0.958. The Morgan fingerprint density at radius 2 is 1.70 bits per heavy atom. The zero-order valence-corrected chi connectivity index (χ0v) is 17.7. The highest BCUT2D eigenvalue weighted by Crippen LogP contribution is 2.36. The number of halogens is 2. The van der Waals surface area contributed by atoms with E-state index in [1.54, 1.807) is 6.07 Å². The maximum absolute atomic E-state index is 13.6. The highest BCUT2D eigenvalue weighted by atomic mass is 19.1. The molecule has 33 heavy (non-hydrogen) atoms. The molecule has 3 aromatic carbocycles. The van der Waals surface area contributed by atoms with Crippen LogP contribution in [0.1, 0.15) is 44.7 Å². The zero-order chi connectivity index (χ0) is 23.4. The normalized spacial score (nSPS) is 11.5. The van der Waals surface area contributed by atoms with E-state index in [2.05, 4.69) is 11.4 Å². The van der Waals surface area contributed by atoms with Crippen LogP contribution in [-0.2, 0) is 16.0 Å². The fourth-order valence-electron chi connectivity index (χ4n) is 3.80. The van der Waals surface area contributed by atoms with Crippen LogP contribution in [-0.4, -0.2) is 30.8 Å². The van der Waals surface area contributed by atoms with Crippen LogP contribution in [0.3, 0.4) is 0 Å². The molecule has 5 nitrogen and oxygen atoms in total. The molecule has 0 saturated carbocycles. The van der Waals surface area contributed by atoms with Crippen molar-refractivity contribution >= 4 is 17.7 Å². The third-order valence-electron chi connectivity index (χ3n) is 5.50. The van der Waals surface area contributed by atoms with E-state index in [1.807, 2.05) is 30.3 Å². The third kappa shape index (κ3) is 5.14. The van der Waals surface area contributed by atoms with Gasteiger partial charge in [0, 0.05) is 24.6 Å². The molecule has 0 spiro atoms. The lowest BCUT2D eigenvalue weighted by molar-refractivity contribution is -0.142. The maximum Gasteiger partial charge on any atom is 0.306 e. The lowest BCUT2D eigenvalue weighted by Gasteiger charge is -2.08. The first kappa shape index (κ1) is 22.3. The maximum atomic E-state index is 13.6. The van der Waals surface area contributed by atoms with E-state index in [-0.39, 0.29) is 37.3 Å². The van der Waals surface area contributed by atoms with Gasteiger partial charge >= 0.3 is 5.97 Å². The Labute approximate surface area is 189 Å². The number of nitrogens with one attached hydrogen (secondary N) is 1. The Bertz CT molecular complexity index is 1240. The summed E-state index contributed by atoms with van der Waals surface area (Å²) in [4.78, 5) is 36.4. The van der Waals surface area contributed by atoms with E-state index in [0.717, 1.165) is 35.2 Å². The fourth-order valence-corrected chi connectivity index (χ4v) is 3.80. The number of carbonyl (C=O) groups excluding carboxylic acids is 3. The highest BCUT2D eigenvalue weighted by Gasteiger charge is 2.20. The quantitative estimate of drug-likeness (QED) is 0.245. The molecule has 0 radical (unpaired) electrons. The van der Waals surface area contributed by atoms with Gasteiger partial charge in [0.15, 0.2) is 12.4 Å². The lowest BCUT2D eigenvalue weighted by Crippen LogP contribution is -2.26. The SMILES string of the molecule is O=C(CCCNC(=O)c1ccc(F)cc1F)OCC(=O)c1ccc2c(c1)-c1ccccc1C2. The number of benzene rings is 3. The Morgan fingerprint density at radius 1 is 0.909 bits per heavy atom. The van der Waals surface area contributed by atoms with Crippen molar-refractivity contribution in [1.29, 1.82) is 0 Å². The number of Topliss-reactive ketones (excluding diaryl/α,β-unsaturated/α-hetero) is 1. The molecule has 1 amide bonds. The number of rotatable bonds is 8. The zero-order valence-electron chi connectivity index (χ0n) is 17.7. The van der Waals surface area contributed by atoms with Crippen LogP contribution in [0.15, 0.2) is 60.7 Å². The summed E-state index contributed by atoms with van der Waals surface area (Å²) in [5.41, 5.74) is 4.72. The van der Waals surface area contributed by atoms with Crippen LogP contribution in [0.25, 0.3) is 11.1 Å². The van der Waals surface area contributed by atoms with Crippen LogP contribution in [0.4, 0.5) is 8.78 Å². The largest absolute Gasteiger partial charge is 0.457 e. The second kappa shape index (κ2) is 9.73. The van der Waals surface area contributed by atoms with Gasteiger partial charge < -0.3 is 10.1 Å². The van der Waals surface area contributed by atoms with Crippen molar-refractivity contribution in [2.24, 2.45) is 0 Å². The molecule has 0 atom stereocenters. The van der Waals surface area contributed by atoms with Gasteiger partial charge in [0.25, 0.3) is 5.91 Å². The number of esters is 1. The van der Waals surface area contributed by atoms with E-state index in [9.17, 15) is 23.2 Å². The molecule has 4 rings (SSSR count). The highest BCUT2D eigenvalue weighted by molar-refractivity contribution is 5.99. The molecule has 1 N–H and O–H groups in total. The van der Waals surface area contributed by atoms with Crippen LogP contribution in [0.5, 0.6) is 0 Å². The first-order chi connectivity index (χ1) is 15.9. The predicted molar refractivity (Wildman–Crippen MR) is 118 cm³/mol. The summed E-state index contributed by atoms with van der Waals surface area (Å²) >= 11 is 0. The molecule has 0 unspecified atom stereocenters. The smallest absolute Gasteiger partial charge is 0.306 e. The Balaban J connectivity index is 1.22. The number of hydrogen-bond acceptors (Lipinski definition) is 4. The van der Waals surface area contributed by atoms with Crippen LogP contribution in [0.2, 0.25) is 0 Å². The summed E-state index contributed by atoms with van der Waals surface area (Å²) in [6.45, 7) is -0.269. The van der Waals surface area contributed by atoms with E-state index < -0.39 is 23.5 Å². The molecule has 0 fully saturated rings. The van der Waals surface area contributed by atoms with E-state index >= 15 is 0 Å². The summed E-state index contributed by atoms with van der Waals surface area (Å²) in [6.07, 6.45) is 1.06. The molecule has 0 heterocycles. The topological polar surface area (TPSA) is 72.5 Å².